The van der Waals surface area contributed by atoms with Gasteiger partial charge < -0.3 is 5.32 Å². The Bertz CT molecular complexity index is 665. The fraction of sp³-hybridized carbons (Fsp3) is 0.286. The van der Waals surface area contributed by atoms with Crippen LogP contribution in [0, 0.1) is 0 Å². The summed E-state index contributed by atoms with van der Waals surface area (Å²) in [5.74, 6) is 2.29. The molecule has 0 aliphatic rings. The van der Waals surface area contributed by atoms with Crippen molar-refractivity contribution in [2.24, 2.45) is 0 Å². The third-order valence-electron chi connectivity index (χ3n) is 3.71. The van der Waals surface area contributed by atoms with Gasteiger partial charge in [-0.3, -0.25) is 4.79 Å². The van der Waals surface area contributed by atoms with Crippen LogP contribution in [-0.2, 0) is 0 Å². The molecule has 0 saturated carbocycles. The number of nitrogens with one attached hydrogen (secondary N) is 1. The van der Waals surface area contributed by atoms with Crippen molar-refractivity contribution in [3.05, 3.63) is 77.4 Å². The summed E-state index contributed by atoms with van der Waals surface area (Å²) in [4.78, 5) is 12.8. The second-order valence-corrected chi connectivity index (χ2v) is 6.83. The fourth-order valence-electron chi connectivity index (χ4n) is 2.47. The van der Waals surface area contributed by atoms with Crippen molar-refractivity contribution in [1.82, 2.24) is 5.32 Å². The van der Waals surface area contributed by atoms with Crippen LogP contribution in [0.2, 0.25) is 0 Å². The van der Waals surface area contributed by atoms with Gasteiger partial charge in [-0.05, 0) is 24.7 Å². The van der Waals surface area contributed by atoms with Gasteiger partial charge >= 0.3 is 0 Å². The van der Waals surface area contributed by atoms with Gasteiger partial charge in [0.2, 0.25) is 0 Å². The van der Waals surface area contributed by atoms with Gasteiger partial charge in [0.15, 0.2) is 5.78 Å². The molecule has 0 aromatic heterocycles. The van der Waals surface area contributed by atoms with Gasteiger partial charge in [-0.15, -0.1) is 0 Å². The number of Topliss-reactive ketones (excluding diaryl/α,β-unsaturated/α-hetero) is 1. The number of rotatable bonds is 9. The van der Waals surface area contributed by atoms with Crippen LogP contribution in [0.5, 0.6) is 0 Å². The Hall–Kier alpha value is -2.00. The first-order valence-electron chi connectivity index (χ1n) is 8.41. The number of benzene rings is 2. The first kappa shape index (κ1) is 18.3. The smallest absolute Gasteiger partial charge is 0.190 e. The minimum atomic E-state index is 0.0724. The predicted molar refractivity (Wildman–Crippen MR) is 105 cm³/mol. The van der Waals surface area contributed by atoms with E-state index < -0.39 is 0 Å². The first-order valence-corrected chi connectivity index (χ1v) is 9.57. The molecule has 2 nitrogen and oxygen atoms in total. The van der Waals surface area contributed by atoms with Crippen molar-refractivity contribution in [3.8, 4) is 0 Å². The first-order chi connectivity index (χ1) is 11.7. The molecule has 126 valence electrons. The largest absolute Gasteiger partial charge is 0.383 e. The van der Waals surface area contributed by atoms with Crippen molar-refractivity contribution in [2.75, 3.05) is 18.1 Å². The maximum absolute atomic E-state index is 12.8. The Morgan fingerprint density at radius 1 is 0.917 bits per heavy atom. The summed E-state index contributed by atoms with van der Waals surface area (Å²) < 4.78 is 0. The fourth-order valence-corrected chi connectivity index (χ4v) is 3.21. The Morgan fingerprint density at radius 3 is 2.08 bits per heavy atom. The zero-order chi connectivity index (χ0) is 17.2. The van der Waals surface area contributed by atoms with Crippen LogP contribution in [0.1, 0.15) is 36.2 Å². The summed E-state index contributed by atoms with van der Waals surface area (Å²) in [6, 6.07) is 19.6. The highest BCUT2D eigenvalue weighted by Crippen LogP contribution is 2.19. The van der Waals surface area contributed by atoms with E-state index in [9.17, 15) is 4.79 Å². The SMILES string of the molecule is CCCSCCN/C(=C(/C)C(=O)c1ccccc1)c1ccccc1. The Morgan fingerprint density at radius 2 is 1.50 bits per heavy atom. The molecule has 0 aliphatic carbocycles. The summed E-state index contributed by atoms with van der Waals surface area (Å²) in [5, 5.41) is 3.48. The maximum Gasteiger partial charge on any atom is 0.190 e. The van der Waals surface area contributed by atoms with Crippen molar-refractivity contribution in [2.45, 2.75) is 20.3 Å². The summed E-state index contributed by atoms with van der Waals surface area (Å²) >= 11 is 1.94. The average Bonchev–Trinajstić information content (AvgIpc) is 2.65. The molecule has 0 saturated heterocycles. The van der Waals surface area contributed by atoms with Crippen molar-refractivity contribution in [1.29, 1.82) is 0 Å². The number of hydrogen-bond acceptors (Lipinski definition) is 3. The van der Waals surface area contributed by atoms with Crippen molar-refractivity contribution >= 4 is 23.2 Å². The molecular formula is C21H25NOS. The minimum Gasteiger partial charge on any atom is -0.383 e. The van der Waals surface area contributed by atoms with E-state index in [1.54, 1.807) is 0 Å². The van der Waals surface area contributed by atoms with E-state index in [-0.39, 0.29) is 5.78 Å². The topological polar surface area (TPSA) is 29.1 Å². The number of carbonyl (C=O) groups is 1. The van der Waals surface area contributed by atoms with Crippen LogP contribution < -0.4 is 5.32 Å². The normalized spacial score (nSPS) is 11.8. The highest BCUT2D eigenvalue weighted by Gasteiger charge is 2.14. The maximum atomic E-state index is 12.8. The van der Waals surface area contributed by atoms with E-state index in [4.69, 9.17) is 0 Å². The van der Waals surface area contributed by atoms with E-state index in [1.165, 1.54) is 12.2 Å². The lowest BCUT2D eigenvalue weighted by atomic mass is 9.99. The van der Waals surface area contributed by atoms with Gasteiger partial charge in [-0.1, -0.05) is 67.6 Å². The van der Waals surface area contributed by atoms with E-state index in [0.717, 1.165) is 34.7 Å². The van der Waals surface area contributed by atoms with Crippen LogP contribution in [0.15, 0.2) is 66.2 Å². The summed E-state index contributed by atoms with van der Waals surface area (Å²) in [5.41, 5.74) is 3.47. The lowest BCUT2D eigenvalue weighted by molar-refractivity contribution is 0.103. The summed E-state index contributed by atoms with van der Waals surface area (Å²) in [6.45, 7) is 4.95. The lowest BCUT2D eigenvalue weighted by Gasteiger charge is -2.15. The molecule has 0 amide bonds. The van der Waals surface area contributed by atoms with Crippen molar-refractivity contribution < 1.29 is 4.79 Å². The molecule has 0 heterocycles. The molecule has 3 heteroatoms. The second kappa shape index (κ2) is 9.99. The van der Waals surface area contributed by atoms with Gasteiger partial charge in [0.1, 0.15) is 0 Å². The van der Waals surface area contributed by atoms with Gasteiger partial charge in [-0.2, -0.15) is 11.8 Å². The van der Waals surface area contributed by atoms with Crippen LogP contribution in [0.3, 0.4) is 0 Å². The van der Waals surface area contributed by atoms with E-state index in [0.29, 0.717) is 0 Å². The summed E-state index contributed by atoms with van der Waals surface area (Å²) in [6.07, 6.45) is 1.19. The number of thioether (sulfide) groups is 1. The highest BCUT2D eigenvalue weighted by molar-refractivity contribution is 7.99. The van der Waals surface area contributed by atoms with Gasteiger partial charge in [-0.25, -0.2) is 0 Å². The quantitative estimate of drug-likeness (QED) is 0.394. The number of allylic oxidation sites excluding steroid dienone is 1. The molecule has 0 radical (unpaired) electrons. The standard InChI is InChI=1S/C21H25NOS/c1-3-15-24-16-14-22-20(18-10-6-4-7-11-18)17(2)21(23)19-12-8-5-9-13-19/h4-13,22H,3,14-16H2,1-2H3/b20-17-. The van der Waals surface area contributed by atoms with Gasteiger partial charge in [0.05, 0.1) is 0 Å². The molecule has 2 rings (SSSR count). The molecule has 2 aromatic carbocycles. The lowest BCUT2D eigenvalue weighted by Crippen LogP contribution is -2.19. The molecule has 0 atom stereocenters. The van der Waals surface area contributed by atoms with E-state index in [2.05, 4.69) is 12.2 Å². The Kier molecular flexibility index (Phi) is 7.63. The molecular weight excluding hydrogens is 314 g/mol. The van der Waals surface area contributed by atoms with Crippen molar-refractivity contribution in [3.63, 3.8) is 0 Å². The van der Waals surface area contributed by atoms with Crippen LogP contribution in [0.4, 0.5) is 0 Å². The molecule has 2 aromatic rings. The average molecular weight is 340 g/mol. The van der Waals surface area contributed by atoms with Gasteiger partial charge in [0, 0.05) is 29.1 Å². The molecule has 24 heavy (non-hydrogen) atoms. The van der Waals surface area contributed by atoms with Crippen LogP contribution in [-0.4, -0.2) is 23.8 Å². The zero-order valence-electron chi connectivity index (χ0n) is 14.4. The Labute approximate surface area is 149 Å². The van der Waals surface area contributed by atoms with E-state index in [1.807, 2.05) is 79.3 Å². The molecule has 0 spiro atoms. The van der Waals surface area contributed by atoms with Gasteiger partial charge in [0.25, 0.3) is 0 Å². The monoisotopic (exact) mass is 339 g/mol. The molecule has 0 aliphatic heterocycles. The molecule has 0 fully saturated rings. The zero-order valence-corrected chi connectivity index (χ0v) is 15.2. The van der Waals surface area contributed by atoms with Crippen LogP contribution >= 0.6 is 11.8 Å². The van der Waals surface area contributed by atoms with Crippen LogP contribution in [0.25, 0.3) is 5.70 Å². The second-order valence-electron chi connectivity index (χ2n) is 5.60. The number of hydrogen-bond donors (Lipinski definition) is 1. The molecule has 0 unspecified atom stereocenters. The molecule has 1 N–H and O–H groups in total. The highest BCUT2D eigenvalue weighted by atomic mass is 32.2. The molecule has 0 bridgehead atoms. The predicted octanol–water partition coefficient (Wildman–Crippen LogP) is 5.03. The third-order valence-corrected chi connectivity index (χ3v) is 4.90. The third kappa shape index (κ3) is 5.27. The van der Waals surface area contributed by atoms with E-state index >= 15 is 0 Å². The summed E-state index contributed by atoms with van der Waals surface area (Å²) in [7, 11) is 0. The number of ketones is 1. The Balaban J connectivity index is 2.22. The minimum absolute atomic E-state index is 0.0724. The number of carbonyl (C=O) groups excluding carboxylic acids is 1.